The standard InChI is InChI=1S/C22H26N6O3S2/c1-26(33(2,30)31)17-12-14-27(15-13-17)22(29)19-10-6-7-11-20(19)32-16-21-23-24-25-28(21)18-8-4-3-5-9-18/h3-11,17H,12-16H2,1-2H3. The SMILES string of the molecule is CN(C1CCN(C(=O)c2ccccc2SCc2nnnn2-c2ccccc2)CC1)S(C)(=O)=O. The average Bonchev–Trinajstić information content (AvgIpc) is 3.31. The van der Waals surface area contributed by atoms with Gasteiger partial charge in [0.05, 0.1) is 23.3 Å². The van der Waals surface area contributed by atoms with Crippen LogP contribution in [0.4, 0.5) is 0 Å². The fraction of sp³-hybridized carbons (Fsp3) is 0.364. The number of amides is 1. The number of hydrogen-bond acceptors (Lipinski definition) is 7. The van der Waals surface area contributed by atoms with Crippen molar-refractivity contribution in [1.29, 1.82) is 0 Å². The number of likely N-dealkylation sites (tertiary alicyclic amines) is 1. The molecule has 1 aliphatic heterocycles. The zero-order valence-electron chi connectivity index (χ0n) is 18.5. The predicted molar refractivity (Wildman–Crippen MR) is 127 cm³/mol. The topological polar surface area (TPSA) is 101 Å². The second-order valence-electron chi connectivity index (χ2n) is 7.93. The third-order valence-electron chi connectivity index (χ3n) is 5.80. The Morgan fingerprint density at radius 2 is 1.76 bits per heavy atom. The van der Waals surface area contributed by atoms with Crippen molar-refractivity contribution in [3.8, 4) is 5.69 Å². The number of sulfonamides is 1. The minimum Gasteiger partial charge on any atom is -0.338 e. The van der Waals surface area contributed by atoms with Crippen molar-refractivity contribution in [1.82, 2.24) is 29.4 Å². The number of tetrazole rings is 1. The number of aromatic nitrogens is 4. The minimum absolute atomic E-state index is 0.0405. The van der Waals surface area contributed by atoms with E-state index in [1.54, 1.807) is 16.6 Å². The summed E-state index contributed by atoms with van der Waals surface area (Å²) in [4.78, 5) is 15.9. The first-order valence-corrected chi connectivity index (χ1v) is 13.4. The Kier molecular flexibility index (Phi) is 7.11. The van der Waals surface area contributed by atoms with Crippen molar-refractivity contribution in [3.05, 3.63) is 66.0 Å². The van der Waals surface area contributed by atoms with Crippen LogP contribution in [0, 0.1) is 0 Å². The summed E-state index contributed by atoms with van der Waals surface area (Å²) in [6.45, 7) is 1.04. The Morgan fingerprint density at radius 3 is 2.45 bits per heavy atom. The zero-order valence-corrected chi connectivity index (χ0v) is 20.2. The molecule has 9 nitrogen and oxygen atoms in total. The second kappa shape index (κ2) is 10.0. The lowest BCUT2D eigenvalue weighted by Gasteiger charge is -2.35. The van der Waals surface area contributed by atoms with Gasteiger partial charge in [-0.15, -0.1) is 16.9 Å². The average molecular weight is 487 g/mol. The van der Waals surface area contributed by atoms with Gasteiger partial charge in [0.15, 0.2) is 5.82 Å². The molecule has 1 saturated heterocycles. The predicted octanol–water partition coefficient (Wildman–Crippen LogP) is 2.45. The van der Waals surface area contributed by atoms with Crippen LogP contribution in [0.3, 0.4) is 0 Å². The summed E-state index contributed by atoms with van der Waals surface area (Å²) in [6, 6.07) is 17.1. The van der Waals surface area contributed by atoms with Crippen LogP contribution >= 0.6 is 11.8 Å². The van der Waals surface area contributed by atoms with Gasteiger partial charge in [-0.2, -0.15) is 4.68 Å². The van der Waals surface area contributed by atoms with Gasteiger partial charge >= 0.3 is 0 Å². The monoisotopic (exact) mass is 486 g/mol. The van der Waals surface area contributed by atoms with Crippen molar-refractivity contribution in [3.63, 3.8) is 0 Å². The van der Waals surface area contributed by atoms with Gasteiger partial charge in [0.2, 0.25) is 10.0 Å². The molecule has 1 fully saturated rings. The summed E-state index contributed by atoms with van der Waals surface area (Å²) in [6.07, 6.45) is 2.46. The Morgan fingerprint density at radius 1 is 1.09 bits per heavy atom. The van der Waals surface area contributed by atoms with Gasteiger partial charge in [-0.25, -0.2) is 12.7 Å². The largest absolute Gasteiger partial charge is 0.338 e. The third-order valence-corrected chi connectivity index (χ3v) is 8.21. The van der Waals surface area contributed by atoms with Gasteiger partial charge in [-0.05, 0) is 47.5 Å². The molecule has 174 valence electrons. The summed E-state index contributed by atoms with van der Waals surface area (Å²) in [5.74, 6) is 1.16. The van der Waals surface area contributed by atoms with Gasteiger partial charge in [-0.3, -0.25) is 4.79 Å². The molecule has 33 heavy (non-hydrogen) atoms. The molecule has 2 aromatic carbocycles. The van der Waals surface area contributed by atoms with E-state index >= 15 is 0 Å². The van der Waals surface area contributed by atoms with E-state index in [2.05, 4.69) is 15.5 Å². The number of nitrogens with zero attached hydrogens (tertiary/aromatic N) is 6. The van der Waals surface area contributed by atoms with E-state index in [0.29, 0.717) is 43.1 Å². The van der Waals surface area contributed by atoms with E-state index in [9.17, 15) is 13.2 Å². The number of benzene rings is 2. The first-order chi connectivity index (χ1) is 15.8. The summed E-state index contributed by atoms with van der Waals surface area (Å²) in [5, 5.41) is 12.0. The molecule has 0 atom stereocenters. The molecule has 3 aromatic rings. The number of para-hydroxylation sites is 1. The maximum atomic E-state index is 13.3. The van der Waals surface area contributed by atoms with E-state index in [1.807, 2.05) is 54.6 Å². The Bertz CT molecular complexity index is 1210. The quantitative estimate of drug-likeness (QED) is 0.473. The van der Waals surface area contributed by atoms with E-state index in [-0.39, 0.29) is 11.9 Å². The fourth-order valence-electron chi connectivity index (χ4n) is 3.85. The van der Waals surface area contributed by atoms with E-state index in [0.717, 1.165) is 10.6 Å². The van der Waals surface area contributed by atoms with Crippen LogP contribution in [0.15, 0.2) is 59.5 Å². The van der Waals surface area contributed by atoms with E-state index < -0.39 is 10.0 Å². The summed E-state index contributed by atoms with van der Waals surface area (Å²) < 4.78 is 26.8. The first kappa shape index (κ1) is 23.4. The van der Waals surface area contributed by atoms with Gasteiger partial charge in [0.25, 0.3) is 5.91 Å². The minimum atomic E-state index is -3.24. The highest BCUT2D eigenvalue weighted by molar-refractivity contribution is 7.98. The van der Waals surface area contributed by atoms with E-state index in [4.69, 9.17) is 0 Å². The van der Waals surface area contributed by atoms with Crippen LogP contribution in [0.2, 0.25) is 0 Å². The number of piperidine rings is 1. The molecule has 1 amide bonds. The number of hydrogen-bond donors (Lipinski definition) is 0. The molecule has 0 saturated carbocycles. The summed E-state index contributed by atoms with van der Waals surface area (Å²) in [5.41, 5.74) is 1.51. The van der Waals surface area contributed by atoms with Crippen molar-refractivity contribution in [2.45, 2.75) is 29.5 Å². The highest BCUT2D eigenvalue weighted by Gasteiger charge is 2.30. The molecule has 11 heteroatoms. The van der Waals surface area contributed by atoms with Crippen LogP contribution < -0.4 is 0 Å². The lowest BCUT2D eigenvalue weighted by molar-refractivity contribution is 0.0683. The maximum absolute atomic E-state index is 13.3. The first-order valence-electron chi connectivity index (χ1n) is 10.6. The van der Waals surface area contributed by atoms with Crippen LogP contribution in [0.25, 0.3) is 5.69 Å². The highest BCUT2D eigenvalue weighted by Crippen LogP contribution is 2.28. The molecule has 0 N–H and O–H groups in total. The highest BCUT2D eigenvalue weighted by atomic mass is 32.2. The molecular weight excluding hydrogens is 460 g/mol. The molecule has 0 aliphatic carbocycles. The number of rotatable bonds is 7. The zero-order chi connectivity index (χ0) is 23.4. The van der Waals surface area contributed by atoms with Crippen LogP contribution in [0.1, 0.15) is 29.0 Å². The van der Waals surface area contributed by atoms with Crippen LogP contribution in [-0.4, -0.2) is 76.2 Å². The normalized spacial score (nSPS) is 15.2. The van der Waals surface area contributed by atoms with Gasteiger partial charge < -0.3 is 4.90 Å². The Labute approximate surface area is 197 Å². The van der Waals surface area contributed by atoms with Gasteiger partial charge in [0.1, 0.15) is 0 Å². The Balaban J connectivity index is 1.44. The van der Waals surface area contributed by atoms with Crippen molar-refractivity contribution in [2.75, 3.05) is 26.4 Å². The number of carbonyl (C=O) groups excluding carboxylic acids is 1. The van der Waals surface area contributed by atoms with Gasteiger partial charge in [-0.1, -0.05) is 30.3 Å². The van der Waals surface area contributed by atoms with Crippen molar-refractivity contribution >= 4 is 27.7 Å². The molecule has 2 heterocycles. The summed E-state index contributed by atoms with van der Waals surface area (Å²) >= 11 is 1.52. The van der Waals surface area contributed by atoms with Crippen molar-refractivity contribution in [2.24, 2.45) is 0 Å². The molecule has 0 unspecified atom stereocenters. The number of thioether (sulfide) groups is 1. The molecular formula is C22H26N6O3S2. The molecule has 1 aliphatic rings. The molecule has 0 bridgehead atoms. The molecule has 4 rings (SSSR count). The van der Waals surface area contributed by atoms with Crippen molar-refractivity contribution < 1.29 is 13.2 Å². The van der Waals surface area contributed by atoms with E-state index in [1.165, 1.54) is 22.3 Å². The van der Waals surface area contributed by atoms with Crippen LogP contribution in [-0.2, 0) is 15.8 Å². The maximum Gasteiger partial charge on any atom is 0.254 e. The third kappa shape index (κ3) is 5.43. The smallest absolute Gasteiger partial charge is 0.254 e. The Hall–Kier alpha value is -2.76. The lowest BCUT2D eigenvalue weighted by atomic mass is 10.0. The summed E-state index contributed by atoms with van der Waals surface area (Å²) in [7, 11) is -1.64. The van der Waals surface area contributed by atoms with Gasteiger partial charge in [0, 0.05) is 31.1 Å². The fourth-order valence-corrected chi connectivity index (χ4v) is 5.55. The molecule has 1 aromatic heterocycles. The molecule has 0 spiro atoms. The lowest BCUT2D eigenvalue weighted by Crippen LogP contribution is -2.47. The second-order valence-corrected chi connectivity index (χ2v) is 11.0. The van der Waals surface area contributed by atoms with Crippen LogP contribution in [0.5, 0.6) is 0 Å². The number of carbonyl (C=O) groups is 1. The molecule has 0 radical (unpaired) electrons.